The maximum atomic E-state index is 12.8. The minimum atomic E-state index is -3.73. The number of halogens is 1. The van der Waals surface area contributed by atoms with Crippen molar-refractivity contribution in [3.05, 3.63) is 24.0 Å². The number of anilines is 2. The Balaban J connectivity index is 2.91. The van der Waals surface area contributed by atoms with E-state index in [-0.39, 0.29) is 11.4 Å². The maximum Gasteiger partial charge on any atom is 0.299 e. The topological polar surface area (TPSA) is 84.2 Å². The first-order valence-corrected chi connectivity index (χ1v) is 6.44. The fourth-order valence-electron chi connectivity index (χ4n) is 1.20. The minimum Gasteiger partial charge on any atom is -0.397 e. The Morgan fingerprint density at radius 2 is 1.88 bits per heavy atom. The fourth-order valence-corrected chi connectivity index (χ4v) is 2.53. The molecule has 0 fully saturated rings. The normalized spacial score (nSPS) is 12.5. The largest absolute Gasteiger partial charge is 0.397 e. The molecule has 5 nitrogen and oxygen atoms in total. The van der Waals surface area contributed by atoms with Gasteiger partial charge in [-0.05, 0) is 39.0 Å². The van der Waals surface area contributed by atoms with Gasteiger partial charge in [-0.15, -0.1) is 0 Å². The Morgan fingerprint density at radius 1 is 1.29 bits per heavy atom. The van der Waals surface area contributed by atoms with E-state index >= 15 is 0 Å². The van der Waals surface area contributed by atoms with Gasteiger partial charge in [0.25, 0.3) is 10.2 Å². The van der Waals surface area contributed by atoms with Gasteiger partial charge in [0.2, 0.25) is 0 Å². The van der Waals surface area contributed by atoms with Crippen LogP contribution in [-0.4, -0.2) is 14.0 Å². The third kappa shape index (κ3) is 4.58. The van der Waals surface area contributed by atoms with Crippen LogP contribution in [0.4, 0.5) is 15.8 Å². The summed E-state index contributed by atoms with van der Waals surface area (Å²) < 4.78 is 40.8. The van der Waals surface area contributed by atoms with Crippen LogP contribution in [0.25, 0.3) is 0 Å². The number of hydrogen-bond acceptors (Lipinski definition) is 3. The molecule has 0 saturated carbocycles. The second-order valence-corrected chi connectivity index (χ2v) is 6.10. The summed E-state index contributed by atoms with van der Waals surface area (Å²) in [6.45, 7) is 5.13. The highest BCUT2D eigenvalue weighted by Gasteiger charge is 2.20. The summed E-state index contributed by atoms with van der Waals surface area (Å²) in [6, 6.07) is 3.45. The Bertz CT molecular complexity index is 509. The van der Waals surface area contributed by atoms with E-state index in [4.69, 9.17) is 5.73 Å². The number of hydrogen-bond donors (Lipinski definition) is 3. The van der Waals surface area contributed by atoms with Crippen molar-refractivity contribution in [2.75, 3.05) is 10.5 Å². The SMILES string of the molecule is CC(C)(C)NS(=O)(=O)Nc1ccc(F)cc1N. The molecule has 0 saturated heterocycles. The van der Waals surface area contributed by atoms with Crippen molar-refractivity contribution in [1.29, 1.82) is 0 Å². The minimum absolute atomic E-state index is 0.0317. The lowest BCUT2D eigenvalue weighted by Crippen LogP contribution is -2.43. The molecular weight excluding hydrogens is 245 g/mol. The van der Waals surface area contributed by atoms with Crippen LogP contribution < -0.4 is 15.2 Å². The zero-order valence-electron chi connectivity index (χ0n) is 9.91. The van der Waals surface area contributed by atoms with Crippen molar-refractivity contribution in [3.8, 4) is 0 Å². The van der Waals surface area contributed by atoms with Crippen molar-refractivity contribution in [2.24, 2.45) is 0 Å². The third-order valence-electron chi connectivity index (χ3n) is 1.70. The summed E-state index contributed by atoms with van der Waals surface area (Å²) in [7, 11) is -3.73. The van der Waals surface area contributed by atoms with E-state index in [0.717, 1.165) is 12.1 Å². The molecule has 0 aliphatic carbocycles. The van der Waals surface area contributed by atoms with Gasteiger partial charge in [-0.25, -0.2) is 4.39 Å². The Morgan fingerprint density at radius 3 is 2.35 bits per heavy atom. The zero-order chi connectivity index (χ0) is 13.3. The Kier molecular flexibility index (Phi) is 3.63. The highest BCUT2D eigenvalue weighted by Crippen LogP contribution is 2.20. The quantitative estimate of drug-likeness (QED) is 0.720. The molecular formula is C10H16FN3O2S. The van der Waals surface area contributed by atoms with E-state index < -0.39 is 21.6 Å². The van der Waals surface area contributed by atoms with Gasteiger partial charge in [0.05, 0.1) is 11.4 Å². The van der Waals surface area contributed by atoms with E-state index in [1.807, 2.05) is 0 Å². The van der Waals surface area contributed by atoms with Gasteiger partial charge in [-0.2, -0.15) is 13.1 Å². The van der Waals surface area contributed by atoms with E-state index in [9.17, 15) is 12.8 Å². The standard InChI is InChI=1S/C10H16FN3O2S/c1-10(2,3)14-17(15,16)13-9-5-4-7(11)6-8(9)12/h4-6,13-14H,12H2,1-3H3. The summed E-state index contributed by atoms with van der Waals surface area (Å²) in [5, 5.41) is 0. The molecule has 1 aromatic carbocycles. The highest BCUT2D eigenvalue weighted by molar-refractivity contribution is 7.90. The summed E-state index contributed by atoms with van der Waals surface area (Å²) in [5.41, 5.74) is 5.06. The molecule has 0 aliphatic rings. The third-order valence-corrected chi connectivity index (χ3v) is 3.07. The van der Waals surface area contributed by atoms with Gasteiger partial charge in [0, 0.05) is 5.54 Å². The molecule has 96 valence electrons. The van der Waals surface area contributed by atoms with Crippen LogP contribution in [0.1, 0.15) is 20.8 Å². The van der Waals surface area contributed by atoms with Crippen LogP contribution in [-0.2, 0) is 10.2 Å². The molecule has 0 spiro atoms. The molecule has 7 heteroatoms. The van der Waals surface area contributed by atoms with Crippen molar-refractivity contribution >= 4 is 21.6 Å². The predicted molar refractivity (Wildman–Crippen MR) is 66.2 cm³/mol. The van der Waals surface area contributed by atoms with Crippen molar-refractivity contribution in [1.82, 2.24) is 4.72 Å². The first-order valence-electron chi connectivity index (χ1n) is 4.96. The average molecular weight is 261 g/mol. The van der Waals surface area contributed by atoms with Crippen LogP contribution in [0.15, 0.2) is 18.2 Å². The second-order valence-electron chi connectivity index (χ2n) is 4.69. The predicted octanol–water partition coefficient (Wildman–Crippen LogP) is 1.45. The zero-order valence-corrected chi connectivity index (χ0v) is 10.7. The molecule has 4 N–H and O–H groups in total. The van der Waals surface area contributed by atoms with Gasteiger partial charge < -0.3 is 5.73 Å². The van der Waals surface area contributed by atoms with Crippen molar-refractivity contribution in [3.63, 3.8) is 0 Å². The van der Waals surface area contributed by atoms with Crippen molar-refractivity contribution < 1.29 is 12.8 Å². The number of benzene rings is 1. The van der Waals surface area contributed by atoms with Crippen LogP contribution >= 0.6 is 0 Å². The first kappa shape index (κ1) is 13.7. The van der Waals surface area contributed by atoms with E-state index in [1.165, 1.54) is 6.07 Å². The van der Waals surface area contributed by atoms with E-state index in [0.29, 0.717) is 0 Å². The van der Waals surface area contributed by atoms with Gasteiger partial charge in [-0.1, -0.05) is 0 Å². The molecule has 0 atom stereocenters. The maximum absolute atomic E-state index is 12.8. The molecule has 0 amide bonds. The first-order chi connectivity index (χ1) is 7.59. The van der Waals surface area contributed by atoms with E-state index in [2.05, 4.69) is 9.44 Å². The molecule has 0 aliphatic heterocycles. The molecule has 1 rings (SSSR count). The monoisotopic (exact) mass is 261 g/mol. The van der Waals surface area contributed by atoms with Gasteiger partial charge in [-0.3, -0.25) is 4.72 Å². The van der Waals surface area contributed by atoms with Gasteiger partial charge in [0.15, 0.2) is 0 Å². The number of nitrogens with one attached hydrogen (secondary N) is 2. The van der Waals surface area contributed by atoms with Gasteiger partial charge in [0.1, 0.15) is 5.82 Å². The summed E-state index contributed by atoms with van der Waals surface area (Å²) >= 11 is 0. The summed E-state index contributed by atoms with van der Waals surface area (Å²) in [4.78, 5) is 0. The number of nitrogen functional groups attached to an aromatic ring is 1. The lowest BCUT2D eigenvalue weighted by Gasteiger charge is -2.21. The smallest absolute Gasteiger partial charge is 0.299 e. The van der Waals surface area contributed by atoms with Crippen LogP contribution in [0, 0.1) is 5.82 Å². The molecule has 0 bridgehead atoms. The van der Waals surface area contributed by atoms with Crippen LogP contribution in [0.3, 0.4) is 0 Å². The lowest BCUT2D eigenvalue weighted by molar-refractivity contribution is 0.494. The number of nitrogens with two attached hydrogens (primary N) is 1. The van der Waals surface area contributed by atoms with Crippen LogP contribution in [0.2, 0.25) is 0 Å². The molecule has 1 aromatic rings. The summed E-state index contributed by atoms with van der Waals surface area (Å²) in [6.07, 6.45) is 0. The molecule has 17 heavy (non-hydrogen) atoms. The molecule has 0 heterocycles. The average Bonchev–Trinajstić information content (AvgIpc) is 2.05. The molecule has 0 radical (unpaired) electrons. The van der Waals surface area contributed by atoms with E-state index in [1.54, 1.807) is 20.8 Å². The Hall–Kier alpha value is -1.34. The second kappa shape index (κ2) is 4.50. The van der Waals surface area contributed by atoms with Crippen molar-refractivity contribution in [2.45, 2.75) is 26.3 Å². The number of rotatable bonds is 3. The Labute approximate surface area is 100 Å². The lowest BCUT2D eigenvalue weighted by atomic mass is 10.1. The molecule has 0 unspecified atom stereocenters. The molecule has 0 aromatic heterocycles. The summed E-state index contributed by atoms with van der Waals surface area (Å²) in [5.74, 6) is -0.519. The van der Waals surface area contributed by atoms with Gasteiger partial charge >= 0.3 is 0 Å². The van der Waals surface area contributed by atoms with Crippen LogP contribution in [0.5, 0.6) is 0 Å². The highest BCUT2D eigenvalue weighted by atomic mass is 32.2. The fraction of sp³-hybridized carbons (Fsp3) is 0.400.